The summed E-state index contributed by atoms with van der Waals surface area (Å²) < 4.78 is 0. The Labute approximate surface area is 124 Å². The second-order valence-corrected chi connectivity index (χ2v) is 4.64. The zero-order valence-electron chi connectivity index (χ0n) is 9.93. The van der Waals surface area contributed by atoms with Crippen LogP contribution < -0.4 is 5.32 Å². The fourth-order valence-corrected chi connectivity index (χ4v) is 2.05. The molecule has 0 spiro atoms. The molecule has 0 aliphatic carbocycles. The van der Waals surface area contributed by atoms with Crippen molar-refractivity contribution in [3.63, 3.8) is 0 Å². The van der Waals surface area contributed by atoms with Crippen LogP contribution in [0.2, 0.25) is 10.0 Å². The second kappa shape index (κ2) is 5.78. The molecule has 0 aliphatic rings. The van der Waals surface area contributed by atoms with E-state index in [1.165, 1.54) is 18.2 Å². The van der Waals surface area contributed by atoms with Crippen molar-refractivity contribution in [3.8, 4) is 6.07 Å². The van der Waals surface area contributed by atoms with Gasteiger partial charge in [0.1, 0.15) is 10.7 Å². The lowest BCUT2D eigenvalue weighted by atomic mass is 10.2. The molecule has 0 aliphatic heterocycles. The van der Waals surface area contributed by atoms with Gasteiger partial charge in [-0.25, -0.2) is 0 Å². The van der Waals surface area contributed by atoms with Crippen LogP contribution in [0.1, 0.15) is 5.56 Å². The predicted octanol–water partition coefficient (Wildman–Crippen LogP) is 4.52. The first-order chi connectivity index (χ1) is 9.52. The van der Waals surface area contributed by atoms with Gasteiger partial charge in [-0.2, -0.15) is 5.26 Å². The van der Waals surface area contributed by atoms with Crippen LogP contribution in [-0.4, -0.2) is 4.92 Å². The summed E-state index contributed by atoms with van der Waals surface area (Å²) in [7, 11) is 0. The van der Waals surface area contributed by atoms with Crippen molar-refractivity contribution >= 4 is 40.3 Å². The number of nitro benzene ring substituents is 1. The van der Waals surface area contributed by atoms with Gasteiger partial charge in [0.2, 0.25) is 0 Å². The molecular formula is C13H7Cl2N3O2. The molecule has 0 saturated heterocycles. The zero-order chi connectivity index (χ0) is 14.7. The van der Waals surface area contributed by atoms with Gasteiger partial charge in [-0.15, -0.1) is 0 Å². The molecule has 5 nitrogen and oxygen atoms in total. The first-order valence-corrected chi connectivity index (χ1v) is 6.18. The normalized spacial score (nSPS) is 9.85. The SMILES string of the molecule is N#Cc1ccc(Cl)c(Nc2cccc(Cl)c2[N+](=O)[O-])c1. The predicted molar refractivity (Wildman–Crippen MR) is 77.6 cm³/mol. The molecule has 0 aromatic heterocycles. The van der Waals surface area contributed by atoms with Crippen LogP contribution in [0.25, 0.3) is 0 Å². The number of nitriles is 1. The van der Waals surface area contributed by atoms with E-state index in [9.17, 15) is 10.1 Å². The van der Waals surface area contributed by atoms with Gasteiger partial charge in [-0.1, -0.05) is 29.3 Å². The molecule has 7 heteroatoms. The minimum Gasteiger partial charge on any atom is -0.349 e. The highest BCUT2D eigenvalue weighted by Crippen LogP contribution is 2.36. The van der Waals surface area contributed by atoms with Crippen molar-refractivity contribution in [3.05, 3.63) is 62.1 Å². The third-order valence-corrected chi connectivity index (χ3v) is 3.17. The quantitative estimate of drug-likeness (QED) is 0.668. The Kier molecular flexibility index (Phi) is 4.08. The molecule has 1 N–H and O–H groups in total. The van der Waals surface area contributed by atoms with E-state index < -0.39 is 4.92 Å². The molecular weight excluding hydrogens is 301 g/mol. The number of benzene rings is 2. The summed E-state index contributed by atoms with van der Waals surface area (Å²) >= 11 is 11.8. The Balaban J connectivity index is 2.48. The maximum atomic E-state index is 11.0. The van der Waals surface area contributed by atoms with Crippen LogP contribution in [0.3, 0.4) is 0 Å². The Hall–Kier alpha value is -2.29. The van der Waals surface area contributed by atoms with E-state index in [0.29, 0.717) is 16.3 Å². The molecule has 0 saturated carbocycles. The highest BCUT2D eigenvalue weighted by molar-refractivity contribution is 6.34. The van der Waals surface area contributed by atoms with Crippen LogP contribution in [0.4, 0.5) is 17.1 Å². The average Bonchev–Trinajstić information content (AvgIpc) is 2.41. The summed E-state index contributed by atoms with van der Waals surface area (Å²) in [6.07, 6.45) is 0. The number of hydrogen-bond donors (Lipinski definition) is 1. The topological polar surface area (TPSA) is 79.0 Å². The maximum absolute atomic E-state index is 11.0. The number of anilines is 2. The number of hydrogen-bond acceptors (Lipinski definition) is 4. The number of para-hydroxylation sites is 1. The Morgan fingerprint density at radius 2 is 1.90 bits per heavy atom. The standard InChI is InChI=1S/C13H7Cl2N3O2/c14-9-5-4-8(7-16)6-12(9)17-11-3-1-2-10(15)13(11)18(19)20/h1-6,17H. The Morgan fingerprint density at radius 1 is 1.15 bits per heavy atom. The van der Waals surface area contributed by atoms with Crippen molar-refractivity contribution < 1.29 is 4.92 Å². The third-order valence-electron chi connectivity index (χ3n) is 2.53. The minimum absolute atomic E-state index is 0.0209. The molecule has 0 unspecified atom stereocenters. The summed E-state index contributed by atoms with van der Waals surface area (Å²) in [5, 5.41) is 23.1. The Morgan fingerprint density at radius 3 is 2.55 bits per heavy atom. The van der Waals surface area contributed by atoms with Crippen LogP contribution in [-0.2, 0) is 0 Å². The summed E-state index contributed by atoms with van der Waals surface area (Å²) in [5.74, 6) is 0. The Bertz CT molecular complexity index is 726. The van der Waals surface area contributed by atoms with Gasteiger partial charge in [0, 0.05) is 0 Å². The summed E-state index contributed by atoms with van der Waals surface area (Å²) in [6, 6.07) is 11.1. The summed E-state index contributed by atoms with van der Waals surface area (Å²) in [6.45, 7) is 0. The van der Waals surface area contributed by atoms with Crippen molar-refractivity contribution in [2.24, 2.45) is 0 Å². The van der Waals surface area contributed by atoms with Gasteiger partial charge < -0.3 is 5.32 Å². The number of rotatable bonds is 3. The molecule has 2 rings (SSSR count). The number of nitrogens with zero attached hydrogens (tertiary/aromatic N) is 2. The zero-order valence-corrected chi connectivity index (χ0v) is 11.4. The van der Waals surface area contributed by atoms with Gasteiger partial charge in [-0.3, -0.25) is 10.1 Å². The van der Waals surface area contributed by atoms with Crippen molar-refractivity contribution in [2.45, 2.75) is 0 Å². The van der Waals surface area contributed by atoms with Crippen molar-refractivity contribution in [1.29, 1.82) is 5.26 Å². The maximum Gasteiger partial charge on any atom is 0.311 e. The fourth-order valence-electron chi connectivity index (χ4n) is 1.64. The molecule has 0 amide bonds. The van der Waals surface area contributed by atoms with Gasteiger partial charge in [0.05, 0.1) is 27.3 Å². The number of nitro groups is 1. The molecule has 0 atom stereocenters. The smallest absolute Gasteiger partial charge is 0.311 e. The monoisotopic (exact) mass is 307 g/mol. The van der Waals surface area contributed by atoms with E-state index in [1.807, 2.05) is 6.07 Å². The first-order valence-electron chi connectivity index (χ1n) is 5.42. The lowest BCUT2D eigenvalue weighted by molar-refractivity contribution is -0.383. The van der Waals surface area contributed by atoms with E-state index in [2.05, 4.69) is 5.32 Å². The molecule has 100 valence electrons. The highest BCUT2D eigenvalue weighted by Gasteiger charge is 2.19. The van der Waals surface area contributed by atoms with E-state index in [0.717, 1.165) is 0 Å². The summed E-state index contributed by atoms with van der Waals surface area (Å²) in [4.78, 5) is 10.5. The second-order valence-electron chi connectivity index (χ2n) is 3.82. The highest BCUT2D eigenvalue weighted by atomic mass is 35.5. The van der Waals surface area contributed by atoms with Crippen LogP contribution in [0.15, 0.2) is 36.4 Å². The van der Waals surface area contributed by atoms with E-state index in [4.69, 9.17) is 28.5 Å². The van der Waals surface area contributed by atoms with Gasteiger partial charge >= 0.3 is 5.69 Å². The third kappa shape index (κ3) is 2.82. The lowest BCUT2D eigenvalue weighted by Crippen LogP contribution is -1.98. The number of halogens is 2. The van der Waals surface area contributed by atoms with E-state index in [-0.39, 0.29) is 16.4 Å². The molecule has 0 fully saturated rings. The molecule has 20 heavy (non-hydrogen) atoms. The van der Waals surface area contributed by atoms with E-state index >= 15 is 0 Å². The van der Waals surface area contributed by atoms with Crippen LogP contribution >= 0.6 is 23.2 Å². The average molecular weight is 308 g/mol. The minimum atomic E-state index is -0.577. The molecule has 0 radical (unpaired) electrons. The molecule has 2 aromatic rings. The number of nitrogens with one attached hydrogen (secondary N) is 1. The largest absolute Gasteiger partial charge is 0.349 e. The molecule has 0 bridgehead atoms. The van der Waals surface area contributed by atoms with Crippen molar-refractivity contribution in [2.75, 3.05) is 5.32 Å². The van der Waals surface area contributed by atoms with E-state index in [1.54, 1.807) is 18.2 Å². The molecule has 0 heterocycles. The van der Waals surface area contributed by atoms with Gasteiger partial charge in [0.15, 0.2) is 0 Å². The van der Waals surface area contributed by atoms with Gasteiger partial charge in [-0.05, 0) is 30.3 Å². The summed E-state index contributed by atoms with van der Waals surface area (Å²) in [5.41, 5.74) is 0.754. The van der Waals surface area contributed by atoms with Crippen LogP contribution in [0.5, 0.6) is 0 Å². The molecule has 2 aromatic carbocycles. The lowest BCUT2D eigenvalue weighted by Gasteiger charge is -2.09. The van der Waals surface area contributed by atoms with Gasteiger partial charge in [0.25, 0.3) is 0 Å². The fraction of sp³-hybridized carbons (Fsp3) is 0. The first kappa shape index (κ1) is 14.1. The van der Waals surface area contributed by atoms with Crippen molar-refractivity contribution in [1.82, 2.24) is 0 Å². The van der Waals surface area contributed by atoms with Crippen LogP contribution in [0, 0.1) is 21.4 Å².